The number of carbonyl (C=O) groups excluding carboxylic acids is 1. The van der Waals surface area contributed by atoms with Crippen molar-refractivity contribution >= 4 is 5.91 Å². The summed E-state index contributed by atoms with van der Waals surface area (Å²) in [4.78, 5) is 13.1. The molecule has 0 aliphatic carbocycles. The monoisotopic (exact) mass is 926 g/mol. The normalized spacial score (nSPS) is 21.0. The van der Waals surface area contributed by atoms with Crippen LogP contribution in [0.15, 0.2) is 24.3 Å². The summed E-state index contributed by atoms with van der Waals surface area (Å²) in [5.74, 6) is -0.698. The molecule has 9 unspecified atom stereocenters. The van der Waals surface area contributed by atoms with Crippen LogP contribution in [0.2, 0.25) is 0 Å². The van der Waals surface area contributed by atoms with Crippen LogP contribution in [0.4, 0.5) is 0 Å². The Morgan fingerprint density at radius 1 is 0.538 bits per heavy atom. The van der Waals surface area contributed by atoms with E-state index in [1.54, 1.807) is 0 Å². The van der Waals surface area contributed by atoms with E-state index in [2.05, 4.69) is 43.5 Å². The van der Waals surface area contributed by atoms with E-state index in [-0.39, 0.29) is 6.42 Å². The third-order valence-electron chi connectivity index (χ3n) is 13.3. The summed E-state index contributed by atoms with van der Waals surface area (Å²) in [6, 6.07) is -1.17. The first kappa shape index (κ1) is 61.6. The highest BCUT2D eigenvalue weighted by molar-refractivity contribution is 5.80. The van der Waals surface area contributed by atoms with Crippen molar-refractivity contribution in [1.29, 1.82) is 0 Å². The molecule has 1 amide bonds. The van der Waals surface area contributed by atoms with Gasteiger partial charge in [0, 0.05) is 0 Å². The summed E-state index contributed by atoms with van der Waals surface area (Å²) in [6.45, 7) is 3.43. The molecule has 1 heterocycles. The quantitative estimate of drug-likeness (QED) is 0.0216. The lowest BCUT2D eigenvalue weighted by molar-refractivity contribution is -0.303. The summed E-state index contributed by atoms with van der Waals surface area (Å²) in [5, 5.41) is 75.8. The van der Waals surface area contributed by atoms with Gasteiger partial charge in [0.25, 0.3) is 0 Å². The Labute approximate surface area is 397 Å². The molecule has 65 heavy (non-hydrogen) atoms. The number of allylic oxidation sites excluding steroid dienone is 4. The Bertz CT molecular complexity index is 1110. The SMILES string of the molecule is CCCCCCCCCCC/C=C\C/C=C\CCCCCCCCCCCCCCC(O)C(=O)NC(COC1OC(CO)C(O)C(O)C1O)C(O)C(O)CCCCCCCCCCCC. The first-order valence-electron chi connectivity index (χ1n) is 27.2. The fourth-order valence-corrected chi connectivity index (χ4v) is 8.77. The van der Waals surface area contributed by atoms with Crippen LogP contribution in [0.5, 0.6) is 0 Å². The first-order chi connectivity index (χ1) is 31.7. The highest BCUT2D eigenvalue weighted by Gasteiger charge is 2.44. The number of unbranched alkanes of at least 4 members (excludes halogenated alkanes) is 30. The van der Waals surface area contributed by atoms with Crippen LogP contribution in [0, 0.1) is 0 Å². The molecule has 0 aromatic carbocycles. The number of aliphatic hydroxyl groups is 7. The van der Waals surface area contributed by atoms with Crippen molar-refractivity contribution < 1.29 is 50.0 Å². The minimum atomic E-state index is -1.66. The van der Waals surface area contributed by atoms with Crippen LogP contribution in [0.25, 0.3) is 0 Å². The standard InChI is InChI=1S/C54H103NO10/c1-3-5-7-9-11-13-15-16-17-18-19-20-21-22-23-24-25-26-27-28-29-30-31-32-34-36-38-40-42-47(58)53(63)55-45(44-64-54-52(62)51(61)50(60)48(43-56)65-54)49(59)46(57)41-39-37-35-33-14-12-10-8-6-4-2/h19-20,22-23,45-52,54,56-62H,3-18,21,24-44H2,1-2H3,(H,55,63)/b20-19-,23-22-. The van der Waals surface area contributed by atoms with Gasteiger partial charge in [-0.1, -0.05) is 224 Å². The van der Waals surface area contributed by atoms with Crippen molar-refractivity contribution in [3.8, 4) is 0 Å². The Morgan fingerprint density at radius 3 is 1.37 bits per heavy atom. The fraction of sp³-hybridized carbons (Fsp3) is 0.907. The van der Waals surface area contributed by atoms with E-state index >= 15 is 0 Å². The lowest BCUT2D eigenvalue weighted by Gasteiger charge is -2.40. The predicted octanol–water partition coefficient (Wildman–Crippen LogP) is 10.6. The average Bonchev–Trinajstić information content (AvgIpc) is 3.31. The second-order valence-electron chi connectivity index (χ2n) is 19.3. The number of ether oxygens (including phenoxy) is 2. The molecule has 1 aliphatic heterocycles. The Morgan fingerprint density at radius 2 is 0.938 bits per heavy atom. The van der Waals surface area contributed by atoms with E-state index in [1.807, 2.05) is 0 Å². The fourth-order valence-electron chi connectivity index (χ4n) is 8.77. The van der Waals surface area contributed by atoms with Gasteiger partial charge in [0.2, 0.25) is 5.91 Å². The van der Waals surface area contributed by atoms with Gasteiger partial charge in [0.1, 0.15) is 36.6 Å². The zero-order chi connectivity index (χ0) is 47.6. The van der Waals surface area contributed by atoms with Gasteiger partial charge in [-0.25, -0.2) is 0 Å². The number of amides is 1. The molecule has 0 aromatic rings. The van der Waals surface area contributed by atoms with E-state index in [4.69, 9.17) is 9.47 Å². The summed E-state index contributed by atoms with van der Waals surface area (Å²) in [7, 11) is 0. The molecule has 0 bridgehead atoms. The zero-order valence-electron chi connectivity index (χ0n) is 41.7. The Kier molecular flexibility index (Phi) is 41.6. The summed E-state index contributed by atoms with van der Waals surface area (Å²) in [5.41, 5.74) is 0. The van der Waals surface area contributed by atoms with Crippen molar-refractivity contribution in [2.75, 3.05) is 13.2 Å². The Balaban J connectivity index is 2.24. The van der Waals surface area contributed by atoms with Crippen molar-refractivity contribution in [1.82, 2.24) is 5.32 Å². The van der Waals surface area contributed by atoms with E-state index in [9.17, 15) is 40.5 Å². The smallest absolute Gasteiger partial charge is 0.249 e. The number of nitrogens with one attached hydrogen (secondary N) is 1. The van der Waals surface area contributed by atoms with Crippen LogP contribution in [-0.4, -0.2) is 110 Å². The van der Waals surface area contributed by atoms with Gasteiger partial charge in [-0.2, -0.15) is 0 Å². The van der Waals surface area contributed by atoms with Crippen LogP contribution in [0.3, 0.4) is 0 Å². The second-order valence-corrected chi connectivity index (χ2v) is 19.3. The third-order valence-corrected chi connectivity index (χ3v) is 13.3. The largest absolute Gasteiger partial charge is 0.394 e. The van der Waals surface area contributed by atoms with Gasteiger partial charge in [0.05, 0.1) is 25.4 Å². The topological polar surface area (TPSA) is 189 Å². The number of hydrogen-bond donors (Lipinski definition) is 8. The molecule has 9 atom stereocenters. The molecule has 11 nitrogen and oxygen atoms in total. The van der Waals surface area contributed by atoms with Crippen LogP contribution in [-0.2, 0) is 14.3 Å². The number of carbonyl (C=O) groups is 1. The molecule has 0 aromatic heterocycles. The highest BCUT2D eigenvalue weighted by Crippen LogP contribution is 2.23. The van der Waals surface area contributed by atoms with Crippen LogP contribution >= 0.6 is 0 Å². The lowest BCUT2D eigenvalue weighted by atomic mass is 9.98. The molecule has 8 N–H and O–H groups in total. The van der Waals surface area contributed by atoms with Crippen LogP contribution in [0.1, 0.15) is 245 Å². The minimum Gasteiger partial charge on any atom is -0.394 e. The van der Waals surface area contributed by atoms with E-state index in [0.717, 1.165) is 44.9 Å². The molecule has 0 radical (unpaired) electrons. The summed E-state index contributed by atoms with van der Waals surface area (Å²) in [6.07, 6.45) is 39.6. The van der Waals surface area contributed by atoms with Gasteiger partial charge >= 0.3 is 0 Å². The summed E-state index contributed by atoms with van der Waals surface area (Å²) < 4.78 is 11.1. The van der Waals surface area contributed by atoms with E-state index < -0.39 is 74.2 Å². The van der Waals surface area contributed by atoms with Gasteiger partial charge in [-0.3, -0.25) is 4.79 Å². The average molecular weight is 926 g/mol. The predicted molar refractivity (Wildman–Crippen MR) is 266 cm³/mol. The minimum absolute atomic E-state index is 0.260. The molecular weight excluding hydrogens is 823 g/mol. The molecule has 384 valence electrons. The molecule has 0 spiro atoms. The van der Waals surface area contributed by atoms with E-state index in [1.165, 1.54) is 161 Å². The maximum Gasteiger partial charge on any atom is 0.249 e. The molecule has 1 saturated heterocycles. The lowest BCUT2D eigenvalue weighted by Crippen LogP contribution is -2.60. The third kappa shape index (κ3) is 32.9. The zero-order valence-corrected chi connectivity index (χ0v) is 41.7. The Hall–Kier alpha value is -1.41. The van der Waals surface area contributed by atoms with E-state index in [0.29, 0.717) is 19.3 Å². The summed E-state index contributed by atoms with van der Waals surface area (Å²) >= 11 is 0. The number of hydrogen-bond acceptors (Lipinski definition) is 10. The van der Waals surface area contributed by atoms with Crippen LogP contribution < -0.4 is 5.32 Å². The molecule has 1 fully saturated rings. The number of rotatable bonds is 46. The first-order valence-corrected chi connectivity index (χ1v) is 27.2. The van der Waals surface area contributed by atoms with Crippen molar-refractivity contribution in [3.05, 3.63) is 24.3 Å². The van der Waals surface area contributed by atoms with Gasteiger partial charge in [-0.15, -0.1) is 0 Å². The maximum absolute atomic E-state index is 13.1. The van der Waals surface area contributed by atoms with Gasteiger partial charge in [0.15, 0.2) is 6.29 Å². The molecule has 1 rings (SSSR count). The highest BCUT2D eigenvalue weighted by atomic mass is 16.7. The molecule has 0 saturated carbocycles. The van der Waals surface area contributed by atoms with Gasteiger partial charge < -0.3 is 50.5 Å². The van der Waals surface area contributed by atoms with Crippen molar-refractivity contribution in [2.24, 2.45) is 0 Å². The van der Waals surface area contributed by atoms with Gasteiger partial charge in [-0.05, 0) is 44.9 Å². The molecule has 11 heteroatoms. The molecular formula is C54H103NO10. The maximum atomic E-state index is 13.1. The number of aliphatic hydroxyl groups excluding tert-OH is 7. The van der Waals surface area contributed by atoms with Crippen molar-refractivity contribution in [3.63, 3.8) is 0 Å². The second kappa shape index (κ2) is 43.8. The van der Waals surface area contributed by atoms with Crippen molar-refractivity contribution in [2.45, 2.75) is 300 Å². The molecule has 1 aliphatic rings.